The summed E-state index contributed by atoms with van der Waals surface area (Å²) >= 11 is 3.43. The number of hydrogen-bond donors (Lipinski definition) is 1. The van der Waals surface area contributed by atoms with Crippen molar-refractivity contribution in [1.82, 2.24) is 10.2 Å². The molecular weight excluding hydrogens is 473 g/mol. The van der Waals surface area contributed by atoms with Crippen LogP contribution in [0.1, 0.15) is 12.5 Å². The molecule has 7 heteroatoms. The van der Waals surface area contributed by atoms with E-state index in [-0.39, 0.29) is 41.8 Å². The highest BCUT2D eigenvalue weighted by Gasteiger charge is 2.36. The zero-order valence-electron chi connectivity index (χ0n) is 13.6. The second kappa shape index (κ2) is 9.46. The molecule has 5 nitrogen and oxygen atoms in total. The van der Waals surface area contributed by atoms with Crippen molar-refractivity contribution in [3.05, 3.63) is 34.3 Å². The summed E-state index contributed by atoms with van der Waals surface area (Å²) < 4.78 is 5.94. The van der Waals surface area contributed by atoms with Crippen molar-refractivity contribution in [2.45, 2.75) is 13.5 Å². The average Bonchev–Trinajstić information content (AvgIpc) is 2.91. The van der Waals surface area contributed by atoms with Gasteiger partial charge in [-0.25, -0.2) is 0 Å². The van der Waals surface area contributed by atoms with E-state index in [9.17, 15) is 4.79 Å². The Morgan fingerprint density at radius 1 is 1.39 bits per heavy atom. The molecule has 1 aromatic carbocycles. The Kier molecular flexibility index (Phi) is 8.32. The van der Waals surface area contributed by atoms with E-state index in [0.717, 1.165) is 17.0 Å². The van der Waals surface area contributed by atoms with Crippen molar-refractivity contribution in [3.8, 4) is 0 Å². The zero-order chi connectivity index (χ0) is 16.1. The highest BCUT2D eigenvalue weighted by Crippen LogP contribution is 2.24. The Balaban J connectivity index is 0.00000264. The molecule has 0 aliphatic carbocycles. The van der Waals surface area contributed by atoms with Crippen LogP contribution in [0.5, 0.6) is 0 Å². The van der Waals surface area contributed by atoms with Gasteiger partial charge >= 0.3 is 5.97 Å². The maximum atomic E-state index is 11.8. The summed E-state index contributed by atoms with van der Waals surface area (Å²) in [7, 11) is 3.21. The second-order valence-electron chi connectivity index (χ2n) is 5.54. The van der Waals surface area contributed by atoms with E-state index in [4.69, 9.17) is 4.74 Å². The van der Waals surface area contributed by atoms with Crippen molar-refractivity contribution in [2.24, 2.45) is 16.8 Å². The van der Waals surface area contributed by atoms with Gasteiger partial charge in [-0.3, -0.25) is 9.79 Å². The van der Waals surface area contributed by atoms with Gasteiger partial charge in [-0.15, -0.1) is 24.0 Å². The number of benzene rings is 1. The lowest BCUT2D eigenvalue weighted by atomic mass is 9.99. The molecule has 0 aromatic heterocycles. The molecule has 1 aliphatic heterocycles. The number of methoxy groups -OCH3 is 1. The van der Waals surface area contributed by atoms with E-state index in [2.05, 4.69) is 50.2 Å². The molecule has 1 fully saturated rings. The summed E-state index contributed by atoms with van der Waals surface area (Å²) in [6.07, 6.45) is 0. The van der Waals surface area contributed by atoms with Crippen LogP contribution in [-0.2, 0) is 16.1 Å². The lowest BCUT2D eigenvalue weighted by molar-refractivity contribution is -0.145. The Labute approximate surface area is 163 Å². The van der Waals surface area contributed by atoms with Gasteiger partial charge in [0.2, 0.25) is 0 Å². The average molecular weight is 496 g/mol. The first kappa shape index (κ1) is 20.2. The number of likely N-dealkylation sites (tertiary alicyclic amines) is 1. The van der Waals surface area contributed by atoms with Gasteiger partial charge in [0.1, 0.15) is 0 Å². The van der Waals surface area contributed by atoms with E-state index in [1.807, 2.05) is 12.1 Å². The van der Waals surface area contributed by atoms with E-state index in [1.165, 1.54) is 12.7 Å². The summed E-state index contributed by atoms with van der Waals surface area (Å²) in [5.41, 5.74) is 1.18. The number of ether oxygens (including phenoxy) is 1. The summed E-state index contributed by atoms with van der Waals surface area (Å²) in [4.78, 5) is 18.2. The molecule has 2 atom stereocenters. The topological polar surface area (TPSA) is 53.9 Å². The third kappa shape index (κ3) is 5.34. The highest BCUT2D eigenvalue weighted by atomic mass is 127. The first-order valence-electron chi connectivity index (χ1n) is 7.33. The minimum Gasteiger partial charge on any atom is -0.469 e. The number of nitrogens with zero attached hydrogens (tertiary/aromatic N) is 2. The van der Waals surface area contributed by atoms with Gasteiger partial charge in [0.05, 0.1) is 13.0 Å². The first-order chi connectivity index (χ1) is 10.5. The van der Waals surface area contributed by atoms with Crippen LogP contribution < -0.4 is 5.32 Å². The van der Waals surface area contributed by atoms with E-state index >= 15 is 0 Å². The van der Waals surface area contributed by atoms with Gasteiger partial charge in [0.15, 0.2) is 5.96 Å². The van der Waals surface area contributed by atoms with E-state index in [1.54, 1.807) is 7.05 Å². The maximum Gasteiger partial charge on any atom is 0.310 e. The van der Waals surface area contributed by atoms with Crippen LogP contribution in [0.25, 0.3) is 0 Å². The number of halogens is 2. The summed E-state index contributed by atoms with van der Waals surface area (Å²) in [5, 5.41) is 3.35. The zero-order valence-corrected chi connectivity index (χ0v) is 17.5. The molecule has 1 aliphatic rings. The molecule has 0 saturated carbocycles. The lowest BCUT2D eigenvalue weighted by Gasteiger charge is -2.21. The van der Waals surface area contributed by atoms with Gasteiger partial charge in [-0.1, -0.05) is 35.0 Å². The molecule has 23 heavy (non-hydrogen) atoms. The van der Waals surface area contributed by atoms with Crippen LogP contribution in [0, 0.1) is 11.8 Å². The maximum absolute atomic E-state index is 11.8. The SMILES string of the molecule is CN=C(NCc1ccc(Br)cc1)N1CC(C)C(C(=O)OC)C1.I. The molecule has 0 radical (unpaired) electrons. The Morgan fingerprint density at radius 2 is 2.04 bits per heavy atom. The van der Waals surface area contributed by atoms with Crippen molar-refractivity contribution in [1.29, 1.82) is 0 Å². The van der Waals surface area contributed by atoms with Gasteiger partial charge in [-0.2, -0.15) is 0 Å². The fourth-order valence-electron chi connectivity index (χ4n) is 2.71. The largest absolute Gasteiger partial charge is 0.469 e. The third-order valence-corrected chi connectivity index (χ3v) is 4.52. The minimum absolute atomic E-state index is 0. The van der Waals surface area contributed by atoms with Gasteiger partial charge in [0.25, 0.3) is 0 Å². The predicted octanol–water partition coefficient (Wildman–Crippen LogP) is 2.88. The molecule has 128 valence electrons. The summed E-state index contributed by atoms with van der Waals surface area (Å²) in [5.74, 6) is 0.856. The van der Waals surface area contributed by atoms with Crippen LogP contribution in [0.15, 0.2) is 33.7 Å². The monoisotopic (exact) mass is 495 g/mol. The van der Waals surface area contributed by atoms with Crippen LogP contribution in [0.3, 0.4) is 0 Å². The van der Waals surface area contributed by atoms with Crippen molar-refractivity contribution >= 4 is 51.8 Å². The lowest BCUT2D eigenvalue weighted by Crippen LogP contribution is -2.40. The number of nitrogens with one attached hydrogen (secondary N) is 1. The van der Waals surface area contributed by atoms with Crippen LogP contribution >= 0.6 is 39.9 Å². The molecule has 1 saturated heterocycles. The number of rotatable bonds is 3. The third-order valence-electron chi connectivity index (χ3n) is 3.99. The quantitative estimate of drug-likeness (QED) is 0.303. The molecule has 0 spiro atoms. The number of carbonyl (C=O) groups excluding carboxylic acids is 1. The fourth-order valence-corrected chi connectivity index (χ4v) is 2.98. The minimum atomic E-state index is -0.140. The smallest absolute Gasteiger partial charge is 0.310 e. The van der Waals surface area contributed by atoms with Crippen LogP contribution in [0.2, 0.25) is 0 Å². The van der Waals surface area contributed by atoms with Crippen LogP contribution in [-0.4, -0.2) is 44.1 Å². The van der Waals surface area contributed by atoms with E-state index < -0.39 is 0 Å². The number of hydrogen-bond acceptors (Lipinski definition) is 3. The molecule has 0 bridgehead atoms. The predicted molar refractivity (Wildman–Crippen MR) is 106 cm³/mol. The molecule has 2 unspecified atom stereocenters. The van der Waals surface area contributed by atoms with Crippen LogP contribution in [0.4, 0.5) is 0 Å². The standard InChI is InChI=1S/C16H22BrN3O2.HI/c1-11-9-20(10-14(11)15(21)22-3)16(18-2)19-8-12-4-6-13(17)7-5-12;/h4-7,11,14H,8-10H2,1-3H3,(H,18,19);1H. The van der Waals surface area contributed by atoms with Crippen molar-refractivity contribution in [2.75, 3.05) is 27.2 Å². The molecule has 1 aromatic rings. The van der Waals surface area contributed by atoms with Crippen molar-refractivity contribution < 1.29 is 9.53 Å². The Bertz CT molecular complexity index is 551. The van der Waals surface area contributed by atoms with Gasteiger partial charge < -0.3 is 15.0 Å². The van der Waals surface area contributed by atoms with Crippen molar-refractivity contribution in [3.63, 3.8) is 0 Å². The number of carbonyl (C=O) groups is 1. The fraction of sp³-hybridized carbons (Fsp3) is 0.500. The molecule has 0 amide bonds. The van der Waals surface area contributed by atoms with Gasteiger partial charge in [0, 0.05) is 31.2 Å². The molecular formula is C16H23BrIN3O2. The molecule has 1 heterocycles. The Morgan fingerprint density at radius 3 is 2.61 bits per heavy atom. The van der Waals surface area contributed by atoms with E-state index in [0.29, 0.717) is 13.1 Å². The second-order valence-corrected chi connectivity index (χ2v) is 6.45. The normalized spacial score (nSPS) is 20.9. The highest BCUT2D eigenvalue weighted by molar-refractivity contribution is 14.0. The number of esters is 1. The molecule has 1 N–H and O–H groups in total. The number of aliphatic imine (C=N–C) groups is 1. The summed E-state index contributed by atoms with van der Waals surface area (Å²) in [6.45, 7) is 4.23. The summed E-state index contributed by atoms with van der Waals surface area (Å²) in [6, 6.07) is 8.17. The first-order valence-corrected chi connectivity index (χ1v) is 8.12. The number of guanidine groups is 1. The molecule has 2 rings (SSSR count). The Hall–Kier alpha value is -0.830. The van der Waals surface area contributed by atoms with Gasteiger partial charge in [-0.05, 0) is 23.6 Å².